The first-order valence-corrected chi connectivity index (χ1v) is 30.0. The van der Waals surface area contributed by atoms with Gasteiger partial charge in [-0.05, 0) is 96.8 Å². The van der Waals surface area contributed by atoms with Gasteiger partial charge in [0.25, 0.3) is 0 Å². The van der Waals surface area contributed by atoms with Crippen LogP contribution in [0.2, 0.25) is 0 Å². The van der Waals surface area contributed by atoms with E-state index in [1.807, 2.05) is 0 Å². The molecule has 4 atom stereocenters. The Morgan fingerprint density at radius 2 is 0.677 bits per heavy atom. The summed E-state index contributed by atoms with van der Waals surface area (Å²) in [5.74, 6) is -14.3. The van der Waals surface area contributed by atoms with Crippen LogP contribution in [0.4, 0.5) is 34.1 Å². The van der Waals surface area contributed by atoms with E-state index < -0.39 is 134 Å². The van der Waals surface area contributed by atoms with E-state index in [1.54, 1.807) is 0 Å². The Labute approximate surface area is 561 Å². The van der Waals surface area contributed by atoms with Gasteiger partial charge in [-0.2, -0.15) is 13.2 Å². The van der Waals surface area contributed by atoms with Crippen LogP contribution in [0.15, 0.2) is 97.1 Å². The highest BCUT2D eigenvalue weighted by atomic mass is 19.4. The average Bonchev–Trinajstić information content (AvgIpc) is 0.906. The van der Waals surface area contributed by atoms with E-state index in [0.717, 1.165) is 38.5 Å². The molecule has 0 aromatic heterocycles. The Morgan fingerprint density at radius 1 is 0.404 bits per heavy atom. The highest BCUT2D eigenvalue weighted by Crippen LogP contribution is 2.20. The molecule has 4 rings (SSSR count). The maximum Gasteiger partial charge on any atom is 0.490 e. The lowest BCUT2D eigenvalue weighted by atomic mass is 10.1. The Hall–Kier alpha value is -12.1. The van der Waals surface area contributed by atoms with Crippen molar-refractivity contribution < 1.29 is 120 Å². The minimum absolute atomic E-state index is 0.136. The third kappa shape index (κ3) is 34.2. The minimum Gasteiger partial charge on any atom is -0.481 e. The standard InChI is InChI=1S/C60H74N12O20.C2HF3O2/c61-57(62)67-39-19-15-37(16-20-39)55(85)91-41-23-11-35(12-24-41)33-89-59(87)71-45(31-49(77)78)53(83)69-43(29-47(73)74)51(81)65-27-9-7-5-3-1-2-4-6-8-10-28-66-52(82)44(30-48(75)76)70-54(84)46(32-50(79)80)72-60(88)90-34-36-13-25-42(26-14-36)92-56(86)38-17-21-40(22-18-38)68-58(63)64;3-2(4,5)1(6)7/h11-26,43-46H,1-10,27-34H2,(H,65,81)(H,66,82)(H,69,83)(H,70,84)(H,71,87)(H,72,88)(H,73,74)(H,75,76)(H,77,78)(H,79,80)(H4,61,62,67)(H4,63,64,68);(H,6,7)/t43-,44-,45-,46-;/m0./s1. The summed E-state index contributed by atoms with van der Waals surface area (Å²) in [6.45, 7) is -0.447. The molecule has 0 aliphatic heterocycles. The van der Waals surface area contributed by atoms with Crippen molar-refractivity contribution in [1.82, 2.24) is 31.9 Å². The summed E-state index contributed by atoms with van der Waals surface area (Å²) < 4.78 is 52.7. The normalized spacial score (nSPS) is 11.8. The lowest BCUT2D eigenvalue weighted by molar-refractivity contribution is -0.192. The summed E-state index contributed by atoms with van der Waals surface area (Å²) in [7, 11) is 0. The molecule has 0 radical (unpaired) electrons. The van der Waals surface area contributed by atoms with E-state index in [0.29, 0.717) is 48.2 Å². The van der Waals surface area contributed by atoms with E-state index in [9.17, 15) is 91.1 Å². The number of carboxylic acid groups (broad SMARTS) is 5. The number of guanidine groups is 2. The van der Waals surface area contributed by atoms with Crippen molar-refractivity contribution >= 4 is 101 Å². The van der Waals surface area contributed by atoms with Crippen LogP contribution >= 0.6 is 0 Å². The Morgan fingerprint density at radius 3 is 0.939 bits per heavy atom. The summed E-state index contributed by atoms with van der Waals surface area (Å²) >= 11 is 0. The Balaban J connectivity index is 0.00000344. The fourth-order valence-electron chi connectivity index (χ4n) is 8.41. The fourth-order valence-corrected chi connectivity index (χ4v) is 8.41. The SMILES string of the molecule is N=C(N)Nc1ccc(C(=O)Oc2ccc(COC(=O)N[C@@H](CC(=O)O)C(=O)N[C@@H](CC(=O)O)C(=O)NCCCCCCCCCCCCNC(=O)[C@H](CC(=O)O)NC(=O)[C@H](CC(=O)O)NC(=O)OCc3ccc(OC(=O)c4ccc(NC(=N)N)cc4)cc3)cc2)cc1.O=C(O)C(F)(F)F. The number of hydrogen-bond donors (Lipinski definition) is 17. The number of rotatable bonds is 39. The lowest BCUT2D eigenvalue weighted by Gasteiger charge is -2.21. The molecule has 536 valence electrons. The topological polar surface area (TPSA) is 556 Å². The second kappa shape index (κ2) is 42.4. The molecule has 34 nitrogen and oxygen atoms in total. The van der Waals surface area contributed by atoms with Crippen LogP contribution in [0.1, 0.15) is 122 Å². The van der Waals surface area contributed by atoms with Crippen molar-refractivity contribution in [3.05, 3.63) is 119 Å². The number of carbonyl (C=O) groups excluding carboxylic acids is 8. The molecule has 0 spiro atoms. The largest absolute Gasteiger partial charge is 0.490 e. The number of alkyl halides is 3. The van der Waals surface area contributed by atoms with Gasteiger partial charge in [-0.1, -0.05) is 75.6 Å². The van der Waals surface area contributed by atoms with Crippen LogP contribution < -0.4 is 63.5 Å². The number of alkyl carbamates (subject to hydrolysis) is 2. The van der Waals surface area contributed by atoms with Crippen molar-refractivity contribution in [1.29, 1.82) is 10.8 Å². The van der Waals surface area contributed by atoms with Crippen LogP contribution in [0, 0.1) is 10.8 Å². The first-order valence-electron chi connectivity index (χ1n) is 30.0. The number of hydrogen-bond acceptors (Lipinski definition) is 19. The van der Waals surface area contributed by atoms with Gasteiger partial charge in [-0.3, -0.25) is 49.2 Å². The first-order chi connectivity index (χ1) is 46.8. The third-order valence-corrected chi connectivity index (χ3v) is 13.2. The van der Waals surface area contributed by atoms with Crippen molar-refractivity contribution in [3.63, 3.8) is 0 Å². The molecule has 37 heteroatoms. The fraction of sp³-hybridized carbons (Fsp3) is 0.371. The van der Waals surface area contributed by atoms with Crippen LogP contribution in [0.25, 0.3) is 0 Å². The van der Waals surface area contributed by atoms with Crippen molar-refractivity contribution in [2.45, 2.75) is 133 Å². The molecule has 0 aliphatic rings. The van der Waals surface area contributed by atoms with E-state index >= 15 is 0 Å². The minimum atomic E-state index is -5.08. The summed E-state index contributed by atoms with van der Waals surface area (Å²) in [5.41, 5.74) is 12.8. The molecule has 19 N–H and O–H groups in total. The number of aliphatic carboxylic acids is 5. The Bertz CT molecular complexity index is 3240. The van der Waals surface area contributed by atoms with E-state index in [1.165, 1.54) is 97.1 Å². The predicted molar refractivity (Wildman–Crippen MR) is 340 cm³/mol. The molecular formula is C62H75F3N12O22. The van der Waals surface area contributed by atoms with E-state index in [4.69, 9.17) is 51.1 Å². The quantitative estimate of drug-likeness (QED) is 0.00975. The van der Waals surface area contributed by atoms with Gasteiger partial charge in [-0.25, -0.2) is 24.0 Å². The van der Waals surface area contributed by atoms with Gasteiger partial charge >= 0.3 is 60.1 Å². The third-order valence-electron chi connectivity index (χ3n) is 13.2. The molecule has 0 unspecified atom stereocenters. The number of nitrogens with one attached hydrogen (secondary N) is 10. The molecular weight excluding hydrogens is 1320 g/mol. The zero-order chi connectivity index (χ0) is 73.6. The second-order valence-electron chi connectivity index (χ2n) is 21.3. The molecule has 99 heavy (non-hydrogen) atoms. The monoisotopic (exact) mass is 1400 g/mol. The van der Waals surface area contributed by atoms with Crippen molar-refractivity contribution in [2.75, 3.05) is 23.7 Å². The lowest BCUT2D eigenvalue weighted by Crippen LogP contribution is -2.55. The van der Waals surface area contributed by atoms with Crippen molar-refractivity contribution in [2.24, 2.45) is 11.5 Å². The van der Waals surface area contributed by atoms with Crippen LogP contribution in [0.5, 0.6) is 11.5 Å². The number of anilines is 2. The predicted octanol–water partition coefficient (Wildman–Crippen LogP) is 4.26. The highest BCUT2D eigenvalue weighted by Gasteiger charge is 2.38. The number of nitrogens with two attached hydrogens (primary N) is 2. The average molecular weight is 1400 g/mol. The second-order valence-corrected chi connectivity index (χ2v) is 21.3. The highest BCUT2D eigenvalue weighted by molar-refractivity contribution is 5.97. The molecule has 4 aromatic carbocycles. The molecule has 6 amide bonds. The summed E-state index contributed by atoms with van der Waals surface area (Å²) in [6.07, 6.45) is -3.52. The number of benzene rings is 4. The Kier molecular flexibility index (Phi) is 34.7. The maximum atomic E-state index is 13.2. The van der Waals surface area contributed by atoms with Gasteiger partial charge < -0.3 is 98.5 Å². The molecule has 0 fully saturated rings. The number of unbranched alkanes of at least 4 members (excludes halogenated alkanes) is 9. The van der Waals surface area contributed by atoms with E-state index in [2.05, 4.69) is 42.5 Å². The zero-order valence-electron chi connectivity index (χ0n) is 52.7. The summed E-state index contributed by atoms with van der Waals surface area (Å²) in [5, 5.41) is 78.5. The molecule has 4 aromatic rings. The number of ether oxygens (including phenoxy) is 4. The van der Waals surface area contributed by atoms with Crippen LogP contribution in [0.3, 0.4) is 0 Å². The van der Waals surface area contributed by atoms with Gasteiger partial charge in [0.05, 0.1) is 36.8 Å². The number of esters is 2. The molecule has 0 heterocycles. The summed E-state index contributed by atoms with van der Waals surface area (Å²) in [4.78, 5) is 158. The number of halogens is 3. The number of carbonyl (C=O) groups is 13. The molecule has 0 bridgehead atoms. The molecule has 0 saturated carbocycles. The maximum absolute atomic E-state index is 13.2. The van der Waals surface area contributed by atoms with Crippen LogP contribution in [-0.2, 0) is 65.8 Å². The van der Waals surface area contributed by atoms with Gasteiger partial charge in [0.1, 0.15) is 48.9 Å². The van der Waals surface area contributed by atoms with E-state index in [-0.39, 0.29) is 60.8 Å². The molecule has 0 aliphatic carbocycles. The smallest absolute Gasteiger partial charge is 0.481 e. The summed E-state index contributed by atoms with van der Waals surface area (Å²) in [6, 6.07) is 16.8. The number of amides is 6. The van der Waals surface area contributed by atoms with Gasteiger partial charge in [0.2, 0.25) is 23.6 Å². The zero-order valence-corrected chi connectivity index (χ0v) is 52.7. The van der Waals surface area contributed by atoms with Crippen LogP contribution in [-0.4, -0.2) is 158 Å². The molecule has 0 saturated heterocycles. The van der Waals surface area contributed by atoms with Crippen molar-refractivity contribution in [3.8, 4) is 11.5 Å². The first kappa shape index (κ1) is 81.2. The van der Waals surface area contributed by atoms with Gasteiger partial charge in [-0.15, -0.1) is 0 Å². The number of carboxylic acids is 5. The van der Waals surface area contributed by atoms with Gasteiger partial charge in [0, 0.05) is 24.5 Å². The van der Waals surface area contributed by atoms with Gasteiger partial charge in [0.15, 0.2) is 11.9 Å².